The predicted octanol–water partition coefficient (Wildman–Crippen LogP) is 15.5. The van der Waals surface area contributed by atoms with Crippen LogP contribution in [0.1, 0.15) is 0 Å². The van der Waals surface area contributed by atoms with Gasteiger partial charge in [-0.1, -0.05) is 127 Å². The quantitative estimate of drug-likeness (QED) is 0.175. The molecule has 0 N–H and O–H groups in total. The zero-order valence-electron chi connectivity index (χ0n) is 31.2. The molecule has 0 unspecified atom stereocenters. The summed E-state index contributed by atoms with van der Waals surface area (Å²) < 4.78 is 13.9. The van der Waals surface area contributed by atoms with Crippen LogP contribution in [-0.2, 0) is 0 Å². The summed E-state index contributed by atoms with van der Waals surface area (Å²) in [5, 5.41) is 10.00. The number of para-hydroxylation sites is 5. The SMILES string of the molecule is c1cc(-c2cccc(-n3c4ccccc4c4c5sc6ccc(-n7c8ccccc8c8ccccc87)cc6c5ccc43)c2)cc(-c2cccc3c2oc2ccccc23)c1. The van der Waals surface area contributed by atoms with Gasteiger partial charge in [-0.15, -0.1) is 11.3 Å². The first kappa shape index (κ1) is 31.8. The molecule has 4 heterocycles. The van der Waals surface area contributed by atoms with Crippen LogP contribution in [0, 0.1) is 0 Å². The van der Waals surface area contributed by atoms with E-state index in [1.54, 1.807) is 0 Å². The molecule has 0 atom stereocenters. The second kappa shape index (κ2) is 12.1. The fourth-order valence-electron chi connectivity index (χ4n) is 9.56. The largest absolute Gasteiger partial charge is 0.455 e. The van der Waals surface area contributed by atoms with Gasteiger partial charge in [0.1, 0.15) is 11.2 Å². The van der Waals surface area contributed by atoms with Gasteiger partial charge in [0.2, 0.25) is 0 Å². The maximum absolute atomic E-state index is 6.43. The molecular formula is C54H32N2OS. The van der Waals surface area contributed by atoms with Crippen LogP contribution in [0.2, 0.25) is 0 Å². The Morgan fingerprint density at radius 1 is 0.362 bits per heavy atom. The molecule has 0 saturated heterocycles. The number of nitrogens with zero attached hydrogens (tertiary/aromatic N) is 2. The van der Waals surface area contributed by atoms with Crippen LogP contribution >= 0.6 is 11.3 Å². The van der Waals surface area contributed by atoms with Crippen molar-refractivity contribution < 1.29 is 4.42 Å². The minimum atomic E-state index is 0.914. The minimum absolute atomic E-state index is 0.914. The molecule has 3 nitrogen and oxygen atoms in total. The number of thiophene rings is 1. The van der Waals surface area contributed by atoms with E-state index in [0.717, 1.165) is 38.8 Å². The molecule has 0 aliphatic rings. The molecule has 4 aromatic heterocycles. The highest BCUT2D eigenvalue weighted by atomic mass is 32.1. The molecule has 58 heavy (non-hydrogen) atoms. The Morgan fingerprint density at radius 2 is 0.966 bits per heavy atom. The molecule has 0 radical (unpaired) electrons. The summed E-state index contributed by atoms with van der Waals surface area (Å²) >= 11 is 1.90. The number of furan rings is 1. The van der Waals surface area contributed by atoms with Crippen LogP contribution in [0.5, 0.6) is 0 Å². The van der Waals surface area contributed by atoms with Gasteiger partial charge in [0.05, 0.1) is 22.1 Å². The van der Waals surface area contributed by atoms with E-state index in [-0.39, 0.29) is 0 Å². The molecule has 0 amide bonds. The van der Waals surface area contributed by atoms with Gasteiger partial charge in [0.15, 0.2) is 0 Å². The van der Waals surface area contributed by atoms with E-state index in [2.05, 4.69) is 191 Å². The fraction of sp³-hybridized carbons (Fsp3) is 0. The van der Waals surface area contributed by atoms with E-state index < -0.39 is 0 Å². The van der Waals surface area contributed by atoms with Crippen LogP contribution < -0.4 is 0 Å². The molecular weight excluding hydrogens is 725 g/mol. The van der Waals surface area contributed by atoms with Gasteiger partial charge in [0.25, 0.3) is 0 Å². The second-order valence-corrected chi connectivity index (χ2v) is 16.3. The lowest BCUT2D eigenvalue weighted by molar-refractivity contribution is 0.670. The van der Waals surface area contributed by atoms with Gasteiger partial charge >= 0.3 is 0 Å². The lowest BCUT2D eigenvalue weighted by Crippen LogP contribution is -1.94. The normalized spacial score (nSPS) is 12.1. The van der Waals surface area contributed by atoms with Crippen molar-refractivity contribution in [1.29, 1.82) is 0 Å². The Kier molecular flexibility index (Phi) is 6.60. The lowest BCUT2D eigenvalue weighted by atomic mass is 9.97. The van der Waals surface area contributed by atoms with Crippen molar-refractivity contribution in [2.24, 2.45) is 0 Å². The standard InChI is InChI=1S/C54H32N2OS/c1-5-22-46-39(16-1)40-17-2-6-23-47(40)55(46)37-26-29-51-45(32-37)43-27-28-49-52(54(43)58-51)44-19-3-7-24-48(44)56(49)36-15-10-13-34(31-36)33-12-9-14-35(30-33)38-20-11-21-42-41-18-4-8-25-50(41)57-53(38)42/h1-32H. The fourth-order valence-corrected chi connectivity index (χ4v) is 10.8. The summed E-state index contributed by atoms with van der Waals surface area (Å²) in [4.78, 5) is 0. The molecule has 9 aromatic carbocycles. The van der Waals surface area contributed by atoms with Crippen LogP contribution in [0.4, 0.5) is 0 Å². The molecule has 0 saturated carbocycles. The van der Waals surface area contributed by atoms with Gasteiger partial charge < -0.3 is 13.6 Å². The molecule has 0 aliphatic heterocycles. The van der Waals surface area contributed by atoms with Gasteiger partial charge in [0, 0.05) is 69.4 Å². The topological polar surface area (TPSA) is 23.0 Å². The molecule has 0 fully saturated rings. The maximum atomic E-state index is 6.43. The molecule has 4 heteroatoms. The first-order valence-electron chi connectivity index (χ1n) is 19.8. The third-order valence-corrected chi connectivity index (χ3v) is 13.3. The first-order valence-corrected chi connectivity index (χ1v) is 20.6. The highest BCUT2D eigenvalue weighted by Crippen LogP contribution is 2.45. The Hall–Kier alpha value is -7.40. The number of benzene rings is 9. The van der Waals surface area contributed by atoms with E-state index >= 15 is 0 Å². The summed E-state index contributed by atoms with van der Waals surface area (Å²) in [5.41, 5.74) is 13.6. The van der Waals surface area contributed by atoms with E-state index in [9.17, 15) is 0 Å². The van der Waals surface area contributed by atoms with Gasteiger partial charge in [-0.05, 0) is 83.4 Å². The van der Waals surface area contributed by atoms with E-state index in [1.165, 1.54) is 80.6 Å². The summed E-state index contributed by atoms with van der Waals surface area (Å²) in [6.07, 6.45) is 0. The lowest BCUT2D eigenvalue weighted by Gasteiger charge is -2.11. The zero-order valence-corrected chi connectivity index (χ0v) is 32.0. The highest BCUT2D eigenvalue weighted by molar-refractivity contribution is 7.26. The van der Waals surface area contributed by atoms with Crippen molar-refractivity contribution >= 4 is 97.1 Å². The average Bonchev–Trinajstić information content (AvgIpc) is 4.04. The molecule has 270 valence electrons. The summed E-state index contributed by atoms with van der Waals surface area (Å²) in [6.45, 7) is 0. The Morgan fingerprint density at radius 3 is 1.78 bits per heavy atom. The van der Waals surface area contributed by atoms with Crippen molar-refractivity contribution in [2.45, 2.75) is 0 Å². The third kappa shape index (κ3) is 4.49. The maximum Gasteiger partial charge on any atom is 0.143 e. The number of fused-ring (bicyclic) bond motifs is 13. The minimum Gasteiger partial charge on any atom is -0.455 e. The zero-order chi connectivity index (χ0) is 37.9. The first-order chi connectivity index (χ1) is 28.8. The smallest absolute Gasteiger partial charge is 0.143 e. The van der Waals surface area contributed by atoms with Crippen molar-refractivity contribution in [3.05, 3.63) is 194 Å². The number of rotatable bonds is 4. The molecule has 0 bridgehead atoms. The van der Waals surface area contributed by atoms with E-state index in [0.29, 0.717) is 0 Å². The number of aromatic nitrogens is 2. The van der Waals surface area contributed by atoms with Gasteiger partial charge in [-0.25, -0.2) is 0 Å². The molecule has 0 spiro atoms. The predicted molar refractivity (Wildman–Crippen MR) is 246 cm³/mol. The van der Waals surface area contributed by atoms with Crippen molar-refractivity contribution in [3.8, 4) is 33.6 Å². The van der Waals surface area contributed by atoms with Crippen molar-refractivity contribution in [1.82, 2.24) is 9.13 Å². The number of hydrogen-bond donors (Lipinski definition) is 0. The van der Waals surface area contributed by atoms with Gasteiger partial charge in [-0.3, -0.25) is 0 Å². The van der Waals surface area contributed by atoms with Crippen LogP contribution in [0.3, 0.4) is 0 Å². The van der Waals surface area contributed by atoms with Crippen LogP contribution in [-0.4, -0.2) is 9.13 Å². The van der Waals surface area contributed by atoms with Crippen LogP contribution in [0.15, 0.2) is 199 Å². The van der Waals surface area contributed by atoms with Crippen molar-refractivity contribution in [3.63, 3.8) is 0 Å². The second-order valence-electron chi connectivity index (χ2n) is 15.3. The van der Waals surface area contributed by atoms with E-state index in [1.807, 2.05) is 23.5 Å². The Balaban J connectivity index is 0.963. The highest BCUT2D eigenvalue weighted by Gasteiger charge is 2.20. The molecule has 0 aliphatic carbocycles. The monoisotopic (exact) mass is 756 g/mol. The third-order valence-electron chi connectivity index (χ3n) is 12.1. The van der Waals surface area contributed by atoms with Gasteiger partial charge in [-0.2, -0.15) is 0 Å². The summed E-state index contributed by atoms with van der Waals surface area (Å²) in [5.74, 6) is 0. The van der Waals surface area contributed by atoms with Crippen LogP contribution in [0.25, 0.3) is 119 Å². The molecule has 13 aromatic rings. The number of hydrogen-bond acceptors (Lipinski definition) is 2. The summed E-state index contributed by atoms with van der Waals surface area (Å²) in [6, 6.07) is 70.6. The van der Waals surface area contributed by atoms with Crippen molar-refractivity contribution in [2.75, 3.05) is 0 Å². The van der Waals surface area contributed by atoms with E-state index in [4.69, 9.17) is 4.42 Å². The Bertz CT molecular complexity index is 3760. The summed E-state index contributed by atoms with van der Waals surface area (Å²) in [7, 11) is 0. The average molecular weight is 757 g/mol. The Labute approximate surface area is 336 Å². The molecule has 13 rings (SSSR count).